The lowest BCUT2D eigenvalue weighted by Gasteiger charge is -2.04. The van der Waals surface area contributed by atoms with Gasteiger partial charge in [-0.25, -0.2) is 4.98 Å². The molecule has 3 aromatic rings. The number of imidazole rings is 1. The Balaban J connectivity index is 1.63. The van der Waals surface area contributed by atoms with Crippen LogP contribution in [-0.4, -0.2) is 15.3 Å². The van der Waals surface area contributed by atoms with Crippen LogP contribution in [0, 0.1) is 13.8 Å². The Hall–Kier alpha value is -2.62. The molecule has 3 rings (SSSR count). The van der Waals surface area contributed by atoms with E-state index in [4.69, 9.17) is 0 Å². The van der Waals surface area contributed by atoms with Crippen molar-refractivity contribution in [1.82, 2.24) is 14.7 Å². The molecule has 2 heterocycles. The highest BCUT2D eigenvalue weighted by Crippen LogP contribution is 2.10. The maximum absolute atomic E-state index is 12.1. The lowest BCUT2D eigenvalue weighted by atomic mass is 10.1. The first-order chi connectivity index (χ1) is 10.6. The summed E-state index contributed by atoms with van der Waals surface area (Å²) in [4.78, 5) is 16.6. The summed E-state index contributed by atoms with van der Waals surface area (Å²) in [7, 11) is 0. The van der Waals surface area contributed by atoms with E-state index in [1.807, 2.05) is 67.0 Å². The van der Waals surface area contributed by atoms with Gasteiger partial charge in [-0.05, 0) is 31.0 Å². The van der Waals surface area contributed by atoms with Crippen LogP contribution in [0.2, 0.25) is 0 Å². The zero-order valence-electron chi connectivity index (χ0n) is 12.8. The van der Waals surface area contributed by atoms with Gasteiger partial charge in [-0.2, -0.15) is 0 Å². The summed E-state index contributed by atoms with van der Waals surface area (Å²) in [5.74, 6) is -0.0124. The number of benzene rings is 1. The Labute approximate surface area is 129 Å². The summed E-state index contributed by atoms with van der Waals surface area (Å²) in [5.41, 5.74) is 5.12. The zero-order valence-corrected chi connectivity index (χ0v) is 12.8. The number of hydrogen-bond donors (Lipinski definition) is 1. The molecule has 0 radical (unpaired) electrons. The lowest BCUT2D eigenvalue weighted by Crippen LogP contribution is -2.24. The average molecular weight is 293 g/mol. The second-order valence-electron chi connectivity index (χ2n) is 5.59. The van der Waals surface area contributed by atoms with Crippen LogP contribution in [0.15, 0.2) is 48.8 Å². The molecule has 1 N–H and O–H groups in total. The van der Waals surface area contributed by atoms with Crippen molar-refractivity contribution in [2.75, 3.05) is 0 Å². The molecule has 0 spiro atoms. The summed E-state index contributed by atoms with van der Waals surface area (Å²) in [6.45, 7) is 4.61. The minimum Gasteiger partial charge on any atom is -0.352 e. The summed E-state index contributed by atoms with van der Waals surface area (Å²) in [6, 6.07) is 12.2. The quantitative estimate of drug-likeness (QED) is 0.804. The molecule has 1 aromatic carbocycles. The Morgan fingerprint density at radius 3 is 2.68 bits per heavy atom. The van der Waals surface area contributed by atoms with Gasteiger partial charge in [0.25, 0.3) is 0 Å². The minimum absolute atomic E-state index is 0.0124. The van der Waals surface area contributed by atoms with E-state index in [1.165, 1.54) is 5.56 Å². The van der Waals surface area contributed by atoms with Crippen molar-refractivity contribution in [2.45, 2.75) is 26.8 Å². The van der Waals surface area contributed by atoms with Crippen LogP contribution in [0.3, 0.4) is 0 Å². The SMILES string of the molecule is Cc1ccc(CNC(=O)Cc2cn3cccc(C)c3n2)cc1. The highest BCUT2D eigenvalue weighted by Gasteiger charge is 2.08. The molecule has 112 valence electrons. The molecule has 0 fully saturated rings. The monoisotopic (exact) mass is 293 g/mol. The first-order valence-electron chi connectivity index (χ1n) is 7.37. The number of nitrogens with zero attached hydrogens (tertiary/aromatic N) is 2. The number of rotatable bonds is 4. The number of nitrogens with one attached hydrogen (secondary N) is 1. The predicted molar refractivity (Wildman–Crippen MR) is 86.7 cm³/mol. The molecular weight excluding hydrogens is 274 g/mol. The van der Waals surface area contributed by atoms with Gasteiger partial charge in [-0.1, -0.05) is 35.9 Å². The number of amides is 1. The molecular formula is C18H19N3O. The zero-order chi connectivity index (χ0) is 15.5. The predicted octanol–water partition coefficient (Wildman–Crippen LogP) is 2.81. The lowest BCUT2D eigenvalue weighted by molar-refractivity contribution is -0.120. The average Bonchev–Trinajstić information content (AvgIpc) is 2.90. The number of aryl methyl sites for hydroxylation is 2. The van der Waals surface area contributed by atoms with Gasteiger partial charge in [0.05, 0.1) is 12.1 Å². The number of carbonyl (C=O) groups is 1. The third kappa shape index (κ3) is 3.17. The van der Waals surface area contributed by atoms with Gasteiger partial charge in [-0.3, -0.25) is 4.79 Å². The van der Waals surface area contributed by atoms with E-state index in [-0.39, 0.29) is 5.91 Å². The fourth-order valence-electron chi connectivity index (χ4n) is 2.42. The van der Waals surface area contributed by atoms with Crippen molar-refractivity contribution in [2.24, 2.45) is 0 Å². The number of carbonyl (C=O) groups excluding carboxylic acids is 1. The Morgan fingerprint density at radius 1 is 1.18 bits per heavy atom. The van der Waals surface area contributed by atoms with Crippen LogP contribution in [0.25, 0.3) is 5.65 Å². The first-order valence-corrected chi connectivity index (χ1v) is 7.37. The highest BCUT2D eigenvalue weighted by molar-refractivity contribution is 5.78. The van der Waals surface area contributed by atoms with Gasteiger partial charge in [0.15, 0.2) is 0 Å². The molecule has 0 bridgehead atoms. The topological polar surface area (TPSA) is 46.4 Å². The van der Waals surface area contributed by atoms with Crippen molar-refractivity contribution in [1.29, 1.82) is 0 Å². The summed E-state index contributed by atoms with van der Waals surface area (Å²) in [5, 5.41) is 2.94. The maximum Gasteiger partial charge on any atom is 0.226 e. The molecule has 22 heavy (non-hydrogen) atoms. The van der Waals surface area contributed by atoms with E-state index in [0.717, 1.165) is 22.5 Å². The van der Waals surface area contributed by atoms with Gasteiger partial charge in [0.2, 0.25) is 5.91 Å². The van der Waals surface area contributed by atoms with Gasteiger partial charge in [0.1, 0.15) is 5.65 Å². The standard InChI is InChI=1S/C18H19N3O/c1-13-5-7-15(8-6-13)11-19-17(22)10-16-12-21-9-3-4-14(2)18(21)20-16/h3-9,12H,10-11H2,1-2H3,(H,19,22). The van der Waals surface area contributed by atoms with E-state index >= 15 is 0 Å². The van der Waals surface area contributed by atoms with E-state index < -0.39 is 0 Å². The molecule has 4 nitrogen and oxygen atoms in total. The summed E-state index contributed by atoms with van der Waals surface area (Å²) >= 11 is 0. The molecule has 2 aromatic heterocycles. The molecule has 0 unspecified atom stereocenters. The van der Waals surface area contributed by atoms with Crippen LogP contribution in [-0.2, 0) is 17.8 Å². The van der Waals surface area contributed by atoms with Gasteiger partial charge < -0.3 is 9.72 Å². The highest BCUT2D eigenvalue weighted by atomic mass is 16.1. The number of fused-ring (bicyclic) bond motifs is 1. The number of aromatic nitrogens is 2. The van der Waals surface area contributed by atoms with Crippen LogP contribution in [0.4, 0.5) is 0 Å². The van der Waals surface area contributed by atoms with E-state index in [1.54, 1.807) is 0 Å². The summed E-state index contributed by atoms with van der Waals surface area (Å²) in [6.07, 6.45) is 4.16. The first kappa shape index (κ1) is 14.3. The smallest absolute Gasteiger partial charge is 0.226 e. The van der Waals surface area contributed by atoms with Crippen molar-refractivity contribution in [3.63, 3.8) is 0 Å². The molecule has 0 aliphatic heterocycles. The van der Waals surface area contributed by atoms with Gasteiger partial charge in [-0.15, -0.1) is 0 Å². The summed E-state index contributed by atoms with van der Waals surface area (Å²) < 4.78 is 1.96. The fraction of sp³-hybridized carbons (Fsp3) is 0.222. The van der Waals surface area contributed by atoms with Crippen molar-refractivity contribution in [3.8, 4) is 0 Å². The minimum atomic E-state index is -0.0124. The van der Waals surface area contributed by atoms with Crippen molar-refractivity contribution >= 4 is 11.6 Å². The van der Waals surface area contributed by atoms with Crippen molar-refractivity contribution in [3.05, 3.63) is 71.2 Å². The number of pyridine rings is 1. The molecule has 0 saturated heterocycles. The molecule has 0 atom stereocenters. The molecule has 4 heteroatoms. The van der Waals surface area contributed by atoms with Crippen LogP contribution >= 0.6 is 0 Å². The Kier molecular flexibility index (Phi) is 3.92. The van der Waals surface area contributed by atoms with E-state index in [0.29, 0.717) is 13.0 Å². The maximum atomic E-state index is 12.1. The third-order valence-corrected chi connectivity index (χ3v) is 3.68. The second-order valence-corrected chi connectivity index (χ2v) is 5.59. The van der Waals surface area contributed by atoms with Crippen LogP contribution < -0.4 is 5.32 Å². The normalized spacial score (nSPS) is 10.8. The van der Waals surface area contributed by atoms with Crippen LogP contribution in [0.5, 0.6) is 0 Å². The molecule has 0 aliphatic rings. The molecule has 0 aliphatic carbocycles. The van der Waals surface area contributed by atoms with Gasteiger partial charge >= 0.3 is 0 Å². The molecule has 1 amide bonds. The Morgan fingerprint density at radius 2 is 1.95 bits per heavy atom. The largest absolute Gasteiger partial charge is 0.352 e. The van der Waals surface area contributed by atoms with Gasteiger partial charge in [0, 0.05) is 18.9 Å². The van der Waals surface area contributed by atoms with Crippen molar-refractivity contribution < 1.29 is 4.79 Å². The second kappa shape index (κ2) is 6.02. The van der Waals surface area contributed by atoms with E-state index in [2.05, 4.69) is 10.3 Å². The molecule has 0 saturated carbocycles. The third-order valence-electron chi connectivity index (χ3n) is 3.68. The fourth-order valence-corrected chi connectivity index (χ4v) is 2.42. The Bertz CT molecular complexity index is 803. The van der Waals surface area contributed by atoms with Crippen LogP contribution in [0.1, 0.15) is 22.4 Å². The number of hydrogen-bond acceptors (Lipinski definition) is 2. The van der Waals surface area contributed by atoms with E-state index in [9.17, 15) is 4.79 Å².